The van der Waals surface area contributed by atoms with E-state index in [9.17, 15) is 9.90 Å². The van der Waals surface area contributed by atoms with Gasteiger partial charge in [0, 0.05) is 17.1 Å². The lowest BCUT2D eigenvalue weighted by atomic mass is 10.1. The summed E-state index contributed by atoms with van der Waals surface area (Å²) in [5.74, 6) is 0.394. The number of nitrogens with one attached hydrogen (secondary N) is 2. The van der Waals surface area contributed by atoms with E-state index < -0.39 is 6.10 Å². The third kappa shape index (κ3) is 4.72. The molecule has 0 unspecified atom stereocenters. The number of hydrogen-bond donors (Lipinski definition) is 3. The van der Waals surface area contributed by atoms with Gasteiger partial charge in [-0.3, -0.25) is 4.79 Å². The molecule has 3 N–H and O–H groups in total. The van der Waals surface area contributed by atoms with Crippen molar-refractivity contribution in [3.8, 4) is 5.75 Å². The molecule has 0 radical (unpaired) electrons. The van der Waals surface area contributed by atoms with Crippen LogP contribution in [0.1, 0.15) is 5.56 Å². The Balaban J connectivity index is 1.59. The van der Waals surface area contributed by atoms with Crippen molar-refractivity contribution < 1.29 is 29.0 Å². The largest absolute Gasteiger partial charge is 0.491 e. The average molecular weight is 349 g/mol. The number of aliphatic hydroxyl groups is 1. The van der Waals surface area contributed by atoms with Crippen LogP contribution in [0.5, 0.6) is 5.75 Å². The van der Waals surface area contributed by atoms with E-state index in [1.165, 1.54) is 12.0 Å². The van der Waals surface area contributed by atoms with E-state index in [1.54, 1.807) is 0 Å². The molecule has 1 aliphatic rings. The van der Waals surface area contributed by atoms with E-state index in [0.29, 0.717) is 12.3 Å². The Morgan fingerprint density at radius 3 is 2.96 bits per heavy atom. The lowest BCUT2D eigenvalue weighted by molar-refractivity contribution is -0.911. The number of benzene rings is 1. The molecular formula is C18H25N2O5+. The van der Waals surface area contributed by atoms with Crippen molar-refractivity contribution in [2.24, 2.45) is 0 Å². The Bertz CT molecular complexity index is 709. The fourth-order valence-corrected chi connectivity index (χ4v) is 3.07. The third-order valence-corrected chi connectivity index (χ3v) is 4.47. The van der Waals surface area contributed by atoms with Crippen molar-refractivity contribution >= 4 is 16.9 Å². The number of hydrogen-bond acceptors (Lipinski definition) is 5. The highest BCUT2D eigenvalue weighted by molar-refractivity contribution is 5.88. The third-order valence-electron chi connectivity index (χ3n) is 4.47. The van der Waals surface area contributed by atoms with Gasteiger partial charge >= 0.3 is 5.97 Å². The average Bonchev–Trinajstić information content (AvgIpc) is 3.03. The summed E-state index contributed by atoms with van der Waals surface area (Å²) >= 11 is 0. The van der Waals surface area contributed by atoms with Crippen LogP contribution in [0.15, 0.2) is 24.4 Å². The van der Waals surface area contributed by atoms with Gasteiger partial charge in [0.2, 0.25) is 0 Å². The standard InChI is InChI=1S/C18H24N2O5/c1-23-18(22)8-13-10-19-17-3-2-15(9-16(13)17)25-12-14(21)11-20-4-6-24-7-5-20/h2-3,9-10,14,19,21H,4-8,11-12H2,1H3/p+1/t14-/m0/s1. The van der Waals surface area contributed by atoms with Gasteiger partial charge in [0.05, 0.1) is 26.7 Å². The summed E-state index contributed by atoms with van der Waals surface area (Å²) in [6.45, 7) is 4.23. The van der Waals surface area contributed by atoms with Gasteiger partial charge in [0.1, 0.15) is 38.1 Å². The van der Waals surface area contributed by atoms with Crippen LogP contribution >= 0.6 is 0 Å². The quantitative estimate of drug-likeness (QED) is 0.589. The zero-order valence-electron chi connectivity index (χ0n) is 14.4. The van der Waals surface area contributed by atoms with Crippen molar-refractivity contribution in [1.29, 1.82) is 0 Å². The van der Waals surface area contributed by atoms with Crippen LogP contribution in [0.3, 0.4) is 0 Å². The number of aliphatic hydroxyl groups excluding tert-OH is 1. The highest BCUT2D eigenvalue weighted by atomic mass is 16.5. The topological polar surface area (TPSA) is 85.2 Å². The summed E-state index contributed by atoms with van der Waals surface area (Å²) in [5, 5.41) is 11.1. The number of esters is 1. The molecule has 25 heavy (non-hydrogen) atoms. The van der Waals surface area contributed by atoms with E-state index in [1.807, 2.05) is 24.4 Å². The van der Waals surface area contributed by atoms with E-state index >= 15 is 0 Å². The lowest BCUT2D eigenvalue weighted by Gasteiger charge is -2.25. The van der Waals surface area contributed by atoms with Crippen LogP contribution < -0.4 is 9.64 Å². The van der Waals surface area contributed by atoms with Crippen molar-refractivity contribution in [1.82, 2.24) is 4.98 Å². The predicted octanol–water partition coefficient (Wildman–Crippen LogP) is -0.462. The maximum absolute atomic E-state index is 11.5. The number of quaternary nitrogens is 1. The normalized spacial score (nSPS) is 16.7. The number of morpholine rings is 1. The van der Waals surface area contributed by atoms with Crippen LogP contribution in [-0.2, 0) is 20.7 Å². The SMILES string of the molecule is COC(=O)Cc1c[nH]c2ccc(OC[C@@H](O)C[NH+]3CCOCC3)cc12. The molecule has 0 aliphatic carbocycles. The minimum atomic E-state index is -0.524. The van der Waals surface area contributed by atoms with Crippen molar-refractivity contribution in [2.75, 3.05) is 46.6 Å². The molecule has 136 valence electrons. The first-order chi connectivity index (χ1) is 12.2. The number of aromatic nitrogens is 1. The number of methoxy groups -OCH3 is 1. The van der Waals surface area contributed by atoms with Gasteiger partial charge < -0.3 is 29.2 Å². The van der Waals surface area contributed by atoms with Gasteiger partial charge in [-0.25, -0.2) is 0 Å². The summed E-state index contributed by atoms with van der Waals surface area (Å²) < 4.78 is 15.8. The first-order valence-corrected chi connectivity index (χ1v) is 8.54. The number of ether oxygens (including phenoxy) is 3. The van der Waals surface area contributed by atoms with Gasteiger partial charge in [0.25, 0.3) is 0 Å². The molecule has 1 aliphatic heterocycles. The van der Waals surface area contributed by atoms with Gasteiger partial charge in [0.15, 0.2) is 0 Å². The van der Waals surface area contributed by atoms with Crippen LogP contribution in [0, 0.1) is 0 Å². The molecule has 1 aromatic carbocycles. The Kier molecular flexibility index (Phi) is 5.91. The Morgan fingerprint density at radius 2 is 2.20 bits per heavy atom. The van der Waals surface area contributed by atoms with Crippen LogP contribution in [-0.4, -0.2) is 68.7 Å². The number of H-pyrrole nitrogens is 1. The molecule has 0 saturated carbocycles. The smallest absolute Gasteiger partial charge is 0.310 e. The minimum Gasteiger partial charge on any atom is -0.491 e. The monoisotopic (exact) mass is 349 g/mol. The molecule has 1 aromatic heterocycles. The summed E-state index contributed by atoms with van der Waals surface area (Å²) in [4.78, 5) is 16.0. The molecule has 0 amide bonds. The minimum absolute atomic E-state index is 0.211. The molecule has 1 atom stereocenters. The number of rotatable bonds is 7. The van der Waals surface area contributed by atoms with Crippen molar-refractivity contribution in [3.05, 3.63) is 30.0 Å². The van der Waals surface area contributed by atoms with Gasteiger partial charge in [-0.2, -0.15) is 0 Å². The summed E-state index contributed by atoms with van der Waals surface area (Å²) in [6, 6.07) is 5.65. The second-order valence-corrected chi connectivity index (χ2v) is 6.31. The molecule has 0 bridgehead atoms. The molecule has 7 nitrogen and oxygen atoms in total. The number of carbonyl (C=O) groups excluding carboxylic acids is 1. The molecule has 1 fully saturated rings. The summed E-state index contributed by atoms with van der Waals surface area (Å²) in [7, 11) is 1.38. The molecule has 3 rings (SSSR count). The molecule has 1 saturated heterocycles. The molecule has 7 heteroatoms. The molecular weight excluding hydrogens is 324 g/mol. The first kappa shape index (κ1) is 17.7. The van der Waals surface area contributed by atoms with Gasteiger partial charge in [-0.1, -0.05) is 0 Å². The zero-order valence-corrected chi connectivity index (χ0v) is 14.4. The number of aromatic amines is 1. The highest BCUT2D eigenvalue weighted by Gasteiger charge is 2.19. The van der Waals surface area contributed by atoms with E-state index in [0.717, 1.165) is 42.8 Å². The second-order valence-electron chi connectivity index (χ2n) is 6.31. The summed E-state index contributed by atoms with van der Waals surface area (Å²) in [6.07, 6.45) is 1.50. The lowest BCUT2D eigenvalue weighted by Crippen LogP contribution is -3.15. The Labute approximate surface area is 146 Å². The number of carbonyl (C=O) groups is 1. The molecule has 0 spiro atoms. The maximum Gasteiger partial charge on any atom is 0.310 e. The first-order valence-electron chi connectivity index (χ1n) is 8.54. The fourth-order valence-electron chi connectivity index (χ4n) is 3.07. The predicted molar refractivity (Wildman–Crippen MR) is 91.9 cm³/mol. The Hall–Kier alpha value is -2.09. The van der Waals surface area contributed by atoms with E-state index in [-0.39, 0.29) is 19.0 Å². The fraction of sp³-hybridized carbons (Fsp3) is 0.500. The number of fused-ring (bicyclic) bond motifs is 1. The van der Waals surface area contributed by atoms with Gasteiger partial charge in [-0.05, 0) is 23.8 Å². The van der Waals surface area contributed by atoms with E-state index in [2.05, 4.69) is 4.98 Å². The summed E-state index contributed by atoms with van der Waals surface area (Å²) in [5.41, 5.74) is 1.80. The molecule has 2 heterocycles. The van der Waals surface area contributed by atoms with Crippen LogP contribution in [0.4, 0.5) is 0 Å². The van der Waals surface area contributed by atoms with Gasteiger partial charge in [-0.15, -0.1) is 0 Å². The van der Waals surface area contributed by atoms with Crippen LogP contribution in [0.25, 0.3) is 10.9 Å². The van der Waals surface area contributed by atoms with Crippen molar-refractivity contribution in [3.63, 3.8) is 0 Å². The van der Waals surface area contributed by atoms with Crippen molar-refractivity contribution in [2.45, 2.75) is 12.5 Å². The molecule has 2 aromatic rings. The van der Waals surface area contributed by atoms with Crippen LogP contribution in [0.2, 0.25) is 0 Å². The zero-order chi connectivity index (χ0) is 17.6. The second kappa shape index (κ2) is 8.33. The maximum atomic E-state index is 11.5. The Morgan fingerprint density at radius 1 is 1.40 bits per heavy atom. The van der Waals surface area contributed by atoms with E-state index in [4.69, 9.17) is 14.2 Å². The highest BCUT2D eigenvalue weighted by Crippen LogP contribution is 2.24.